The van der Waals surface area contributed by atoms with Crippen LogP contribution < -0.4 is 5.73 Å². The first kappa shape index (κ1) is 19.0. The molecule has 2 aliphatic heterocycles. The number of amides is 2. The number of likely N-dealkylation sites (tertiary alicyclic amines) is 1. The number of carbonyl (C=O) groups excluding carboxylic acids is 2. The average Bonchev–Trinajstić information content (AvgIpc) is 2.63. The van der Waals surface area contributed by atoms with E-state index in [1.54, 1.807) is 24.3 Å². The molecule has 0 unspecified atom stereocenters. The third-order valence-corrected chi connectivity index (χ3v) is 5.73. The van der Waals surface area contributed by atoms with Crippen LogP contribution in [0.2, 0.25) is 5.02 Å². The molecule has 0 radical (unpaired) electrons. The van der Waals surface area contributed by atoms with Gasteiger partial charge in [0.05, 0.1) is 16.3 Å². The Morgan fingerprint density at radius 3 is 2.46 bits per heavy atom. The van der Waals surface area contributed by atoms with Crippen LogP contribution in [0.5, 0.6) is 0 Å². The molecule has 0 saturated carbocycles. The summed E-state index contributed by atoms with van der Waals surface area (Å²) < 4.78 is 0. The Balaban J connectivity index is 0.00000196. The summed E-state index contributed by atoms with van der Waals surface area (Å²) in [7, 11) is 0. The molecule has 1 saturated heterocycles. The lowest BCUT2D eigenvalue weighted by molar-refractivity contribution is 0.0461. The van der Waals surface area contributed by atoms with Crippen LogP contribution in [-0.4, -0.2) is 47.3 Å². The van der Waals surface area contributed by atoms with Gasteiger partial charge in [0.15, 0.2) is 0 Å². The summed E-state index contributed by atoms with van der Waals surface area (Å²) in [4.78, 5) is 30.0. The zero-order valence-corrected chi connectivity index (χ0v) is 16.1. The molecule has 0 atom stereocenters. The lowest BCUT2D eigenvalue weighted by Crippen LogP contribution is -2.51. The highest BCUT2D eigenvalue weighted by atomic mass is 35.5. The zero-order chi connectivity index (χ0) is 17.7. The highest BCUT2D eigenvalue weighted by Crippen LogP contribution is 2.38. The second-order valence-corrected chi connectivity index (χ2v) is 7.10. The Labute approximate surface area is 163 Å². The summed E-state index contributed by atoms with van der Waals surface area (Å²) >= 11 is 6.23. The van der Waals surface area contributed by atoms with Crippen molar-refractivity contribution in [2.75, 3.05) is 25.4 Å². The minimum Gasteiger partial charge on any atom is -0.397 e. The Bertz CT molecular complexity index is 892. The van der Waals surface area contributed by atoms with E-state index in [9.17, 15) is 9.59 Å². The van der Waals surface area contributed by atoms with Crippen molar-refractivity contribution >= 4 is 52.3 Å². The van der Waals surface area contributed by atoms with E-state index < -0.39 is 0 Å². The molecule has 5 nitrogen and oxygen atoms in total. The minimum absolute atomic E-state index is 0. The van der Waals surface area contributed by atoms with Gasteiger partial charge in [-0.3, -0.25) is 14.5 Å². The van der Waals surface area contributed by atoms with Crippen LogP contribution in [0.1, 0.15) is 40.5 Å². The number of nitrogens with zero attached hydrogens (tertiary/aromatic N) is 2. The molecule has 0 aliphatic carbocycles. The molecule has 138 valence electrons. The molecule has 2 aromatic carbocycles. The molecule has 0 aromatic heterocycles. The molecule has 7 heteroatoms. The van der Waals surface area contributed by atoms with Gasteiger partial charge in [-0.1, -0.05) is 30.7 Å². The van der Waals surface area contributed by atoms with E-state index in [0.29, 0.717) is 32.6 Å². The summed E-state index contributed by atoms with van der Waals surface area (Å²) in [5.74, 6) is -0.481. The number of anilines is 1. The van der Waals surface area contributed by atoms with Gasteiger partial charge in [-0.25, -0.2) is 0 Å². The molecule has 0 bridgehead atoms. The summed E-state index contributed by atoms with van der Waals surface area (Å²) in [5, 5.41) is 1.65. The smallest absolute Gasteiger partial charge is 0.261 e. The normalized spacial score (nSPS) is 18.3. The van der Waals surface area contributed by atoms with Crippen LogP contribution in [0.4, 0.5) is 5.69 Å². The van der Waals surface area contributed by atoms with Gasteiger partial charge >= 0.3 is 0 Å². The molecule has 26 heavy (non-hydrogen) atoms. The van der Waals surface area contributed by atoms with E-state index in [1.807, 2.05) is 0 Å². The number of benzene rings is 2. The van der Waals surface area contributed by atoms with E-state index in [1.165, 1.54) is 4.90 Å². The number of nitrogens with two attached hydrogens (primary N) is 1. The fraction of sp³-hybridized carbons (Fsp3) is 0.368. The van der Waals surface area contributed by atoms with E-state index in [0.717, 1.165) is 32.5 Å². The lowest BCUT2D eigenvalue weighted by atomic mass is 9.90. The summed E-state index contributed by atoms with van der Waals surface area (Å²) in [6.07, 6.45) is 1.61. The lowest BCUT2D eigenvalue weighted by Gasteiger charge is -2.39. The monoisotopic (exact) mass is 393 g/mol. The van der Waals surface area contributed by atoms with E-state index in [-0.39, 0.29) is 30.3 Å². The molecule has 2 heterocycles. The predicted molar refractivity (Wildman–Crippen MR) is 106 cm³/mol. The average molecular weight is 394 g/mol. The van der Waals surface area contributed by atoms with Crippen molar-refractivity contribution in [2.45, 2.75) is 25.8 Å². The van der Waals surface area contributed by atoms with Gasteiger partial charge < -0.3 is 10.6 Å². The van der Waals surface area contributed by atoms with Gasteiger partial charge in [0.2, 0.25) is 0 Å². The van der Waals surface area contributed by atoms with Gasteiger partial charge in [0.1, 0.15) is 0 Å². The highest BCUT2D eigenvalue weighted by molar-refractivity contribution is 6.37. The third kappa shape index (κ3) is 2.75. The van der Waals surface area contributed by atoms with Gasteiger partial charge in [-0.05, 0) is 31.5 Å². The Kier molecular flexibility index (Phi) is 5.15. The maximum atomic E-state index is 13.1. The van der Waals surface area contributed by atoms with E-state index >= 15 is 0 Å². The Hall–Kier alpha value is -1.82. The Morgan fingerprint density at radius 2 is 1.81 bits per heavy atom. The summed E-state index contributed by atoms with van der Waals surface area (Å²) in [5.41, 5.74) is 7.48. The van der Waals surface area contributed by atoms with Crippen molar-refractivity contribution < 1.29 is 9.59 Å². The topological polar surface area (TPSA) is 66.6 Å². The molecule has 1 fully saturated rings. The molecule has 2 aliphatic rings. The fourth-order valence-corrected chi connectivity index (χ4v) is 4.21. The van der Waals surface area contributed by atoms with Gasteiger partial charge in [0.25, 0.3) is 11.8 Å². The number of hydrogen-bond acceptors (Lipinski definition) is 4. The van der Waals surface area contributed by atoms with E-state index in [2.05, 4.69) is 11.8 Å². The zero-order valence-electron chi connectivity index (χ0n) is 14.5. The largest absolute Gasteiger partial charge is 0.397 e. The van der Waals surface area contributed by atoms with Gasteiger partial charge in [-0.15, -0.1) is 12.4 Å². The van der Waals surface area contributed by atoms with Gasteiger partial charge in [-0.2, -0.15) is 0 Å². The van der Waals surface area contributed by atoms with Crippen LogP contribution in [0.25, 0.3) is 10.8 Å². The van der Waals surface area contributed by atoms with Gasteiger partial charge in [0, 0.05) is 35.5 Å². The maximum Gasteiger partial charge on any atom is 0.261 e. The number of rotatable bonds is 2. The van der Waals surface area contributed by atoms with Crippen LogP contribution in [-0.2, 0) is 0 Å². The SMILES string of the molecule is CCN1CCC(N2C(=O)c3cccc4c(N)c(Cl)cc(c34)C2=O)CC1.Cl. The molecule has 2 amide bonds. The van der Waals surface area contributed by atoms with Crippen molar-refractivity contribution in [1.29, 1.82) is 0 Å². The van der Waals surface area contributed by atoms with E-state index in [4.69, 9.17) is 17.3 Å². The predicted octanol–water partition coefficient (Wildman–Crippen LogP) is 3.58. The number of imide groups is 1. The van der Waals surface area contributed by atoms with Crippen molar-refractivity contribution in [3.05, 3.63) is 40.4 Å². The van der Waals surface area contributed by atoms with Crippen molar-refractivity contribution in [1.82, 2.24) is 9.80 Å². The van der Waals surface area contributed by atoms with Crippen LogP contribution in [0.15, 0.2) is 24.3 Å². The number of piperidine rings is 1. The molecule has 4 rings (SSSR count). The first-order valence-electron chi connectivity index (χ1n) is 8.63. The molecular formula is C19H21Cl2N3O2. The number of nitrogen functional groups attached to an aromatic ring is 1. The molecular weight excluding hydrogens is 373 g/mol. The first-order valence-corrected chi connectivity index (χ1v) is 9.01. The number of hydrogen-bond donors (Lipinski definition) is 1. The highest BCUT2D eigenvalue weighted by Gasteiger charge is 2.39. The maximum absolute atomic E-state index is 13.1. The summed E-state index contributed by atoms with van der Waals surface area (Å²) in [6.45, 7) is 4.92. The fourth-order valence-electron chi connectivity index (χ4n) is 4.00. The standard InChI is InChI=1S/C19H20ClN3O2.ClH/c1-2-22-8-6-11(7-9-22)23-18(24)13-5-3-4-12-16(13)14(19(23)25)10-15(20)17(12)21;/h3-5,10-11H,2,6-9,21H2,1H3;1H. The molecule has 0 spiro atoms. The van der Waals surface area contributed by atoms with Crippen LogP contribution >= 0.6 is 24.0 Å². The number of halogens is 2. The minimum atomic E-state index is -0.259. The van der Waals surface area contributed by atoms with Crippen LogP contribution in [0.3, 0.4) is 0 Å². The van der Waals surface area contributed by atoms with Crippen molar-refractivity contribution in [3.63, 3.8) is 0 Å². The number of carbonyl (C=O) groups is 2. The summed E-state index contributed by atoms with van der Waals surface area (Å²) in [6, 6.07) is 6.90. The Morgan fingerprint density at radius 1 is 1.15 bits per heavy atom. The van der Waals surface area contributed by atoms with Crippen LogP contribution in [0, 0.1) is 0 Å². The quantitative estimate of drug-likeness (QED) is 0.625. The van der Waals surface area contributed by atoms with Crippen molar-refractivity contribution in [2.24, 2.45) is 0 Å². The molecule has 2 aromatic rings. The van der Waals surface area contributed by atoms with Crippen molar-refractivity contribution in [3.8, 4) is 0 Å². The first-order chi connectivity index (χ1) is 12.0. The third-order valence-electron chi connectivity index (χ3n) is 5.42. The second kappa shape index (κ2) is 7.06. The molecule has 2 N–H and O–H groups in total. The second-order valence-electron chi connectivity index (χ2n) is 6.69.